The van der Waals surface area contributed by atoms with Crippen LogP contribution < -0.4 is 5.32 Å². The van der Waals surface area contributed by atoms with Crippen LogP contribution in [0.15, 0.2) is 18.2 Å². The molecule has 2 heterocycles. The van der Waals surface area contributed by atoms with Crippen LogP contribution in [0.4, 0.5) is 4.39 Å². The minimum atomic E-state index is -0.255. The molecule has 3 unspecified atom stereocenters. The molecule has 19 heavy (non-hydrogen) atoms. The fourth-order valence-electron chi connectivity index (χ4n) is 3.74. The molecule has 0 amide bonds. The summed E-state index contributed by atoms with van der Waals surface area (Å²) in [5, 5.41) is 3.70. The van der Waals surface area contributed by atoms with E-state index in [0.29, 0.717) is 12.6 Å². The van der Waals surface area contributed by atoms with Crippen LogP contribution in [0.25, 0.3) is 0 Å². The average molecular weight is 283 g/mol. The first-order valence-corrected chi connectivity index (χ1v) is 7.46. The number of fused-ring (bicyclic) bond motifs is 1. The summed E-state index contributed by atoms with van der Waals surface area (Å²) in [5.41, 5.74) is 0.721. The van der Waals surface area contributed by atoms with E-state index in [1.54, 1.807) is 6.07 Å². The maximum atomic E-state index is 14.0. The van der Waals surface area contributed by atoms with Crippen LogP contribution in [0.1, 0.15) is 18.9 Å². The van der Waals surface area contributed by atoms with Crippen LogP contribution in [0.5, 0.6) is 0 Å². The van der Waals surface area contributed by atoms with Crippen molar-refractivity contribution in [3.05, 3.63) is 34.6 Å². The lowest BCUT2D eigenvalue weighted by Gasteiger charge is -2.27. The van der Waals surface area contributed by atoms with Crippen molar-refractivity contribution in [1.29, 1.82) is 0 Å². The van der Waals surface area contributed by atoms with Crippen molar-refractivity contribution in [2.75, 3.05) is 19.6 Å². The largest absolute Gasteiger partial charge is 0.316 e. The molecule has 3 atom stereocenters. The molecule has 4 heteroatoms. The second-order valence-electron chi connectivity index (χ2n) is 5.70. The van der Waals surface area contributed by atoms with E-state index in [2.05, 4.69) is 17.1 Å². The Morgan fingerprint density at radius 2 is 2.26 bits per heavy atom. The molecule has 1 aromatic carbocycles. The molecule has 3 rings (SSSR count). The molecule has 0 aliphatic carbocycles. The predicted molar refractivity (Wildman–Crippen MR) is 75.7 cm³/mol. The number of nitrogens with zero attached hydrogens (tertiary/aromatic N) is 1. The molecule has 0 aromatic heterocycles. The van der Waals surface area contributed by atoms with Crippen molar-refractivity contribution in [1.82, 2.24) is 10.2 Å². The number of nitrogens with one attached hydrogen (secondary N) is 1. The van der Waals surface area contributed by atoms with Gasteiger partial charge in [-0.1, -0.05) is 30.7 Å². The van der Waals surface area contributed by atoms with Crippen molar-refractivity contribution >= 4 is 11.6 Å². The molecule has 2 saturated heterocycles. The van der Waals surface area contributed by atoms with Gasteiger partial charge in [0.15, 0.2) is 0 Å². The zero-order chi connectivity index (χ0) is 13.4. The number of hydrogen-bond donors (Lipinski definition) is 1. The highest BCUT2D eigenvalue weighted by atomic mass is 35.5. The molecule has 0 bridgehead atoms. The minimum absolute atomic E-state index is 0.228. The third-order valence-corrected chi connectivity index (χ3v) is 4.94. The Bertz CT molecular complexity index is 465. The molecule has 1 N–H and O–H groups in total. The summed E-state index contributed by atoms with van der Waals surface area (Å²) in [6, 6.07) is 5.86. The first-order chi connectivity index (χ1) is 9.20. The van der Waals surface area contributed by atoms with E-state index in [0.717, 1.165) is 43.5 Å². The molecule has 0 radical (unpaired) electrons. The Balaban J connectivity index is 1.78. The zero-order valence-corrected chi connectivity index (χ0v) is 12.0. The fourth-order valence-corrected chi connectivity index (χ4v) is 3.94. The molecule has 2 nitrogen and oxygen atoms in total. The fraction of sp³-hybridized carbons (Fsp3) is 0.600. The van der Waals surface area contributed by atoms with Gasteiger partial charge in [-0.25, -0.2) is 4.39 Å². The van der Waals surface area contributed by atoms with E-state index in [-0.39, 0.29) is 10.8 Å². The second-order valence-corrected chi connectivity index (χ2v) is 6.11. The lowest BCUT2D eigenvalue weighted by molar-refractivity contribution is 0.208. The smallest absolute Gasteiger partial charge is 0.146 e. The Hall–Kier alpha value is -0.640. The van der Waals surface area contributed by atoms with Crippen molar-refractivity contribution < 1.29 is 4.39 Å². The van der Waals surface area contributed by atoms with E-state index in [1.807, 2.05) is 12.1 Å². The van der Waals surface area contributed by atoms with E-state index < -0.39 is 0 Å². The van der Waals surface area contributed by atoms with Gasteiger partial charge in [0.25, 0.3) is 0 Å². The molecule has 2 fully saturated rings. The highest BCUT2D eigenvalue weighted by molar-refractivity contribution is 6.30. The lowest BCUT2D eigenvalue weighted by Crippen LogP contribution is -2.34. The lowest BCUT2D eigenvalue weighted by atomic mass is 9.93. The molecular formula is C15H20ClFN2. The highest BCUT2D eigenvalue weighted by Gasteiger charge is 2.43. The molecule has 2 aliphatic rings. The van der Waals surface area contributed by atoms with Crippen LogP contribution in [0, 0.1) is 17.7 Å². The number of halogens is 2. The van der Waals surface area contributed by atoms with Gasteiger partial charge in [0.05, 0.1) is 5.02 Å². The maximum Gasteiger partial charge on any atom is 0.146 e. The third kappa shape index (κ3) is 2.39. The second kappa shape index (κ2) is 5.39. The van der Waals surface area contributed by atoms with Crippen LogP contribution in [-0.4, -0.2) is 30.6 Å². The van der Waals surface area contributed by atoms with Gasteiger partial charge in [-0.3, -0.25) is 4.90 Å². The Morgan fingerprint density at radius 3 is 3.05 bits per heavy atom. The summed E-state index contributed by atoms with van der Waals surface area (Å²) >= 11 is 5.86. The van der Waals surface area contributed by atoms with Gasteiger partial charge in [-0.05, 0) is 37.4 Å². The molecule has 0 spiro atoms. The van der Waals surface area contributed by atoms with Gasteiger partial charge >= 0.3 is 0 Å². The minimum Gasteiger partial charge on any atom is -0.316 e. The van der Waals surface area contributed by atoms with Crippen molar-refractivity contribution in [3.8, 4) is 0 Å². The van der Waals surface area contributed by atoms with Crippen molar-refractivity contribution in [3.63, 3.8) is 0 Å². The highest BCUT2D eigenvalue weighted by Crippen LogP contribution is 2.35. The zero-order valence-electron chi connectivity index (χ0n) is 11.2. The van der Waals surface area contributed by atoms with E-state index >= 15 is 0 Å². The number of hydrogen-bond acceptors (Lipinski definition) is 2. The summed E-state index contributed by atoms with van der Waals surface area (Å²) in [7, 11) is 0. The normalized spacial score (nSPS) is 30.8. The Kier molecular flexibility index (Phi) is 3.79. The van der Waals surface area contributed by atoms with E-state index in [1.165, 1.54) is 0 Å². The summed E-state index contributed by atoms with van der Waals surface area (Å²) in [5.74, 6) is 1.20. The topological polar surface area (TPSA) is 15.3 Å². The van der Waals surface area contributed by atoms with Crippen molar-refractivity contribution in [2.45, 2.75) is 25.9 Å². The Labute approximate surface area is 118 Å². The summed E-state index contributed by atoms with van der Waals surface area (Å²) < 4.78 is 14.0. The predicted octanol–water partition coefficient (Wildman–Crippen LogP) is 2.91. The van der Waals surface area contributed by atoms with Gasteiger partial charge in [0.1, 0.15) is 5.82 Å². The van der Waals surface area contributed by atoms with E-state index in [9.17, 15) is 4.39 Å². The standard InChI is InChI=1S/C15H20ClFN2/c1-2-14-12-7-18-6-11(12)9-19(14)8-10-4-3-5-13(16)15(10)17/h3-5,11-12,14,18H,2,6-9H2,1H3. The SMILES string of the molecule is CCC1C2CNCC2CN1Cc1cccc(Cl)c1F. The molecule has 2 aliphatic heterocycles. The molecule has 0 saturated carbocycles. The first kappa shape index (κ1) is 13.3. The molecule has 104 valence electrons. The monoisotopic (exact) mass is 282 g/mol. The van der Waals surface area contributed by atoms with Crippen LogP contribution in [0.2, 0.25) is 5.02 Å². The molecule has 1 aromatic rings. The van der Waals surface area contributed by atoms with E-state index in [4.69, 9.17) is 11.6 Å². The Morgan fingerprint density at radius 1 is 1.42 bits per heavy atom. The summed E-state index contributed by atoms with van der Waals surface area (Å²) in [4.78, 5) is 2.44. The first-order valence-electron chi connectivity index (χ1n) is 7.08. The van der Waals surface area contributed by atoms with Gasteiger partial charge < -0.3 is 5.32 Å². The van der Waals surface area contributed by atoms with Crippen LogP contribution >= 0.6 is 11.6 Å². The number of benzene rings is 1. The van der Waals surface area contributed by atoms with Crippen LogP contribution in [-0.2, 0) is 6.54 Å². The summed E-state index contributed by atoms with van der Waals surface area (Å²) in [6.45, 7) is 6.19. The van der Waals surface area contributed by atoms with Gasteiger partial charge in [0.2, 0.25) is 0 Å². The third-order valence-electron chi connectivity index (χ3n) is 4.65. The van der Waals surface area contributed by atoms with Gasteiger partial charge in [0, 0.05) is 24.7 Å². The number of likely N-dealkylation sites (tertiary alicyclic amines) is 1. The maximum absolute atomic E-state index is 14.0. The summed E-state index contributed by atoms with van der Waals surface area (Å²) in [6.07, 6.45) is 1.13. The van der Waals surface area contributed by atoms with Gasteiger partial charge in [-0.15, -0.1) is 0 Å². The van der Waals surface area contributed by atoms with Gasteiger partial charge in [-0.2, -0.15) is 0 Å². The van der Waals surface area contributed by atoms with Crippen LogP contribution in [0.3, 0.4) is 0 Å². The number of rotatable bonds is 3. The average Bonchev–Trinajstić information content (AvgIpc) is 2.95. The quantitative estimate of drug-likeness (QED) is 0.917. The van der Waals surface area contributed by atoms with Crippen molar-refractivity contribution in [2.24, 2.45) is 11.8 Å². The molecular weight excluding hydrogens is 263 g/mol.